The standard InChI is InChI=1S/C15H29NO/c1-2-3-4-5-6-8-11-15(14-16-17)12-9-7-10-13-15/h2-14H2,1H3. The molecule has 0 spiro atoms. The molecule has 100 valence electrons. The van der Waals surface area contributed by atoms with Gasteiger partial charge in [0.1, 0.15) is 0 Å². The lowest BCUT2D eigenvalue weighted by Crippen LogP contribution is -2.27. The predicted octanol–water partition coefficient (Wildman–Crippen LogP) is 5.45. The zero-order chi connectivity index (χ0) is 12.4. The van der Waals surface area contributed by atoms with Gasteiger partial charge in [0.25, 0.3) is 0 Å². The van der Waals surface area contributed by atoms with Crippen LogP contribution in [0.1, 0.15) is 84.0 Å². The number of rotatable bonds is 9. The number of hydrogen-bond acceptors (Lipinski definition) is 2. The van der Waals surface area contributed by atoms with Crippen molar-refractivity contribution in [1.82, 2.24) is 0 Å². The highest BCUT2D eigenvalue weighted by molar-refractivity contribution is 4.84. The highest BCUT2D eigenvalue weighted by Crippen LogP contribution is 2.41. The van der Waals surface area contributed by atoms with E-state index in [1.54, 1.807) is 0 Å². The van der Waals surface area contributed by atoms with Crippen molar-refractivity contribution in [3.8, 4) is 0 Å². The maximum atomic E-state index is 10.6. The summed E-state index contributed by atoms with van der Waals surface area (Å²) < 4.78 is 0. The lowest BCUT2D eigenvalue weighted by Gasteiger charge is -2.35. The molecular formula is C15H29NO. The Labute approximate surface area is 107 Å². The molecule has 0 atom stereocenters. The van der Waals surface area contributed by atoms with Crippen molar-refractivity contribution in [3.05, 3.63) is 4.91 Å². The lowest BCUT2D eigenvalue weighted by molar-refractivity contribution is 0.176. The van der Waals surface area contributed by atoms with Gasteiger partial charge in [-0.05, 0) is 24.7 Å². The molecule has 0 unspecified atom stereocenters. The predicted molar refractivity (Wildman–Crippen MR) is 74.2 cm³/mol. The molecule has 0 saturated heterocycles. The van der Waals surface area contributed by atoms with Crippen LogP contribution in [0.5, 0.6) is 0 Å². The van der Waals surface area contributed by atoms with E-state index in [-0.39, 0.29) is 0 Å². The molecule has 1 aliphatic carbocycles. The van der Waals surface area contributed by atoms with Gasteiger partial charge in [0, 0.05) is 0 Å². The first-order chi connectivity index (χ1) is 8.33. The Balaban J connectivity index is 2.17. The highest BCUT2D eigenvalue weighted by Gasteiger charge is 2.31. The Hall–Kier alpha value is -0.400. The fraction of sp³-hybridized carbons (Fsp3) is 1.00. The third-order valence-corrected chi connectivity index (χ3v) is 4.37. The molecule has 0 aromatic heterocycles. The fourth-order valence-corrected chi connectivity index (χ4v) is 3.21. The topological polar surface area (TPSA) is 29.4 Å². The third kappa shape index (κ3) is 5.65. The van der Waals surface area contributed by atoms with Crippen LogP contribution in [0, 0.1) is 10.3 Å². The molecule has 17 heavy (non-hydrogen) atoms. The van der Waals surface area contributed by atoms with E-state index in [2.05, 4.69) is 12.1 Å². The number of nitroso groups, excluding NO2 is 1. The van der Waals surface area contributed by atoms with Crippen molar-refractivity contribution in [1.29, 1.82) is 0 Å². The summed E-state index contributed by atoms with van der Waals surface area (Å²) in [5.41, 5.74) is 0.296. The van der Waals surface area contributed by atoms with Crippen LogP contribution in [0.3, 0.4) is 0 Å². The zero-order valence-corrected chi connectivity index (χ0v) is 11.5. The van der Waals surface area contributed by atoms with Gasteiger partial charge >= 0.3 is 0 Å². The molecule has 0 aromatic carbocycles. The Morgan fingerprint density at radius 3 is 2.24 bits per heavy atom. The molecule has 0 aromatic rings. The van der Waals surface area contributed by atoms with Crippen molar-refractivity contribution in [2.45, 2.75) is 84.0 Å². The molecule has 2 heteroatoms. The molecule has 0 bridgehead atoms. The summed E-state index contributed by atoms with van der Waals surface area (Å²) >= 11 is 0. The largest absolute Gasteiger partial charge is 0.151 e. The van der Waals surface area contributed by atoms with Gasteiger partial charge in [-0.2, -0.15) is 4.91 Å². The van der Waals surface area contributed by atoms with Crippen molar-refractivity contribution in [2.24, 2.45) is 10.6 Å². The van der Waals surface area contributed by atoms with E-state index in [1.807, 2.05) is 0 Å². The average molecular weight is 239 g/mol. The maximum Gasteiger partial charge on any atom is 0.0867 e. The van der Waals surface area contributed by atoms with E-state index in [0.29, 0.717) is 12.0 Å². The van der Waals surface area contributed by atoms with Crippen LogP contribution >= 0.6 is 0 Å². The van der Waals surface area contributed by atoms with Gasteiger partial charge in [-0.1, -0.05) is 69.9 Å². The summed E-state index contributed by atoms with van der Waals surface area (Å²) in [5, 5.41) is 3.21. The van der Waals surface area contributed by atoms with Crippen molar-refractivity contribution in [3.63, 3.8) is 0 Å². The Kier molecular flexibility index (Phi) is 7.46. The summed E-state index contributed by atoms with van der Waals surface area (Å²) in [7, 11) is 0. The fourth-order valence-electron chi connectivity index (χ4n) is 3.21. The van der Waals surface area contributed by atoms with Gasteiger partial charge < -0.3 is 0 Å². The van der Waals surface area contributed by atoms with E-state index in [9.17, 15) is 4.91 Å². The second-order valence-corrected chi connectivity index (χ2v) is 5.87. The summed E-state index contributed by atoms with van der Waals surface area (Å²) in [6.45, 7) is 2.83. The summed E-state index contributed by atoms with van der Waals surface area (Å²) in [6, 6.07) is 0. The van der Waals surface area contributed by atoms with Crippen LogP contribution in [0.4, 0.5) is 0 Å². The van der Waals surface area contributed by atoms with Gasteiger partial charge in [0.2, 0.25) is 0 Å². The molecular weight excluding hydrogens is 210 g/mol. The van der Waals surface area contributed by atoms with Crippen LogP contribution in [-0.2, 0) is 0 Å². The molecule has 0 radical (unpaired) electrons. The van der Waals surface area contributed by atoms with E-state index in [4.69, 9.17) is 0 Å². The van der Waals surface area contributed by atoms with Crippen LogP contribution < -0.4 is 0 Å². The SMILES string of the molecule is CCCCCCCCC1(CN=O)CCCCC1. The third-order valence-electron chi connectivity index (χ3n) is 4.37. The zero-order valence-electron chi connectivity index (χ0n) is 11.5. The lowest BCUT2D eigenvalue weighted by atomic mass is 9.71. The molecule has 1 rings (SSSR count). The van der Waals surface area contributed by atoms with Crippen LogP contribution in [0.25, 0.3) is 0 Å². The normalized spacial score (nSPS) is 19.1. The van der Waals surface area contributed by atoms with Crippen molar-refractivity contribution >= 4 is 0 Å². The van der Waals surface area contributed by atoms with Gasteiger partial charge in [-0.25, -0.2) is 0 Å². The molecule has 2 nitrogen and oxygen atoms in total. The summed E-state index contributed by atoms with van der Waals surface area (Å²) in [5.74, 6) is 0. The summed E-state index contributed by atoms with van der Waals surface area (Å²) in [4.78, 5) is 10.6. The molecule has 0 aliphatic heterocycles. The highest BCUT2D eigenvalue weighted by atomic mass is 16.3. The molecule has 1 saturated carbocycles. The van der Waals surface area contributed by atoms with Gasteiger partial charge in [-0.3, -0.25) is 0 Å². The van der Waals surface area contributed by atoms with Crippen molar-refractivity contribution < 1.29 is 0 Å². The second-order valence-electron chi connectivity index (χ2n) is 5.87. The minimum atomic E-state index is 0.296. The first-order valence-electron chi connectivity index (χ1n) is 7.62. The number of nitrogens with zero attached hydrogens (tertiary/aromatic N) is 1. The minimum Gasteiger partial charge on any atom is -0.151 e. The van der Waals surface area contributed by atoms with Crippen molar-refractivity contribution in [2.75, 3.05) is 6.54 Å². The second kappa shape index (κ2) is 8.66. The van der Waals surface area contributed by atoms with E-state index in [0.717, 1.165) is 0 Å². The first kappa shape index (κ1) is 14.7. The van der Waals surface area contributed by atoms with Crippen LogP contribution in [0.2, 0.25) is 0 Å². The number of hydrogen-bond donors (Lipinski definition) is 0. The van der Waals surface area contributed by atoms with Crippen LogP contribution in [-0.4, -0.2) is 6.54 Å². The van der Waals surface area contributed by atoms with E-state index < -0.39 is 0 Å². The molecule has 0 N–H and O–H groups in total. The smallest absolute Gasteiger partial charge is 0.0867 e. The van der Waals surface area contributed by atoms with Gasteiger partial charge in [0.05, 0.1) is 6.54 Å². The monoisotopic (exact) mass is 239 g/mol. The number of unbranched alkanes of at least 4 members (excludes halogenated alkanes) is 5. The minimum absolute atomic E-state index is 0.296. The molecule has 1 fully saturated rings. The van der Waals surface area contributed by atoms with Gasteiger partial charge in [0.15, 0.2) is 0 Å². The van der Waals surface area contributed by atoms with Gasteiger partial charge in [-0.15, -0.1) is 0 Å². The van der Waals surface area contributed by atoms with E-state index >= 15 is 0 Å². The maximum absolute atomic E-state index is 10.6. The first-order valence-corrected chi connectivity index (χ1v) is 7.62. The quantitative estimate of drug-likeness (QED) is 0.388. The molecule has 1 aliphatic rings. The molecule has 0 amide bonds. The Bertz CT molecular complexity index is 197. The van der Waals surface area contributed by atoms with E-state index in [1.165, 1.54) is 77.0 Å². The Morgan fingerprint density at radius 2 is 1.59 bits per heavy atom. The summed E-state index contributed by atoms with van der Waals surface area (Å²) in [6.07, 6.45) is 15.8. The Morgan fingerprint density at radius 1 is 0.941 bits per heavy atom. The van der Waals surface area contributed by atoms with Crippen LogP contribution in [0.15, 0.2) is 5.18 Å². The molecule has 0 heterocycles. The average Bonchev–Trinajstić information content (AvgIpc) is 2.35.